The molecule has 1 fully saturated rings. The van der Waals surface area contributed by atoms with Crippen molar-refractivity contribution in [3.63, 3.8) is 0 Å². The van der Waals surface area contributed by atoms with E-state index in [1.807, 2.05) is 52.0 Å². The van der Waals surface area contributed by atoms with Crippen LogP contribution < -0.4 is 0 Å². The molecular weight excluding hydrogens is 408 g/mol. The highest BCUT2D eigenvalue weighted by atomic mass is 16.7. The summed E-state index contributed by atoms with van der Waals surface area (Å²) in [6.07, 6.45) is 10.8. The number of allylic oxidation sites excluding steroid dienone is 5. The Balaban J connectivity index is 1.83. The van der Waals surface area contributed by atoms with Gasteiger partial charge in [-0.05, 0) is 45.8 Å². The molecule has 0 bridgehead atoms. The second-order valence-electron chi connectivity index (χ2n) is 9.14. The summed E-state index contributed by atoms with van der Waals surface area (Å²) in [7, 11) is 0. The Bertz CT molecular complexity index is 1060. The van der Waals surface area contributed by atoms with Gasteiger partial charge in [0.1, 0.15) is 5.76 Å². The standard InChI is InChI=1S/C25H28N2O5/c1-5-31-25-21(16-18-9-7-6-8-10-22(18)32-25)20(23(28)26(25)24(2,3)4)15-17-11-13-19(14-12-17)27(29)30/h6-14,18H,5,15-16H2,1-4H3/t18-,25-/m0/s1. The number of amides is 1. The van der Waals surface area contributed by atoms with Gasteiger partial charge in [0.05, 0.1) is 11.5 Å². The number of ether oxygens (including phenoxy) is 2. The lowest BCUT2D eigenvalue weighted by atomic mass is 9.88. The summed E-state index contributed by atoms with van der Waals surface area (Å²) in [5.41, 5.74) is 1.75. The molecule has 0 unspecified atom stereocenters. The molecule has 32 heavy (non-hydrogen) atoms. The molecule has 0 radical (unpaired) electrons. The van der Waals surface area contributed by atoms with E-state index in [4.69, 9.17) is 9.47 Å². The molecule has 7 nitrogen and oxygen atoms in total. The maximum absolute atomic E-state index is 13.8. The van der Waals surface area contributed by atoms with E-state index in [9.17, 15) is 14.9 Å². The number of non-ortho nitro benzene ring substituents is 1. The largest absolute Gasteiger partial charge is 0.444 e. The summed E-state index contributed by atoms with van der Waals surface area (Å²) in [5.74, 6) is -0.649. The fourth-order valence-electron chi connectivity index (χ4n) is 4.62. The van der Waals surface area contributed by atoms with Crippen LogP contribution in [0.4, 0.5) is 5.69 Å². The van der Waals surface area contributed by atoms with E-state index in [0.717, 1.165) is 16.9 Å². The maximum Gasteiger partial charge on any atom is 0.322 e. The van der Waals surface area contributed by atoms with E-state index < -0.39 is 16.4 Å². The van der Waals surface area contributed by atoms with Crippen LogP contribution in [0, 0.1) is 16.0 Å². The predicted octanol–water partition coefficient (Wildman–Crippen LogP) is 4.81. The molecule has 0 N–H and O–H groups in total. The summed E-state index contributed by atoms with van der Waals surface area (Å²) in [6, 6.07) is 6.33. The molecule has 7 heteroatoms. The fourth-order valence-corrected chi connectivity index (χ4v) is 4.62. The quantitative estimate of drug-likeness (QED) is 0.489. The van der Waals surface area contributed by atoms with Crippen molar-refractivity contribution < 1.29 is 19.2 Å². The van der Waals surface area contributed by atoms with Crippen molar-refractivity contribution in [2.45, 2.75) is 52.0 Å². The molecule has 1 aromatic rings. The molecule has 1 saturated heterocycles. The first-order chi connectivity index (χ1) is 15.2. The third kappa shape index (κ3) is 3.66. The molecule has 2 heterocycles. The topological polar surface area (TPSA) is 81.9 Å². The molecule has 4 rings (SSSR count). The number of rotatable bonds is 5. The van der Waals surface area contributed by atoms with E-state index >= 15 is 0 Å². The molecule has 1 aromatic carbocycles. The average Bonchev–Trinajstić information content (AvgIpc) is 2.85. The van der Waals surface area contributed by atoms with Crippen molar-refractivity contribution in [2.24, 2.45) is 5.92 Å². The minimum Gasteiger partial charge on any atom is -0.444 e. The van der Waals surface area contributed by atoms with Crippen molar-refractivity contribution in [3.8, 4) is 0 Å². The molecular formula is C25H28N2O5. The Morgan fingerprint density at radius 3 is 2.56 bits per heavy atom. The minimum absolute atomic E-state index is 0.00756. The van der Waals surface area contributed by atoms with Gasteiger partial charge in [0.2, 0.25) is 0 Å². The van der Waals surface area contributed by atoms with Gasteiger partial charge in [0.25, 0.3) is 11.6 Å². The molecule has 2 atom stereocenters. The summed E-state index contributed by atoms with van der Waals surface area (Å²) >= 11 is 0. The first kappa shape index (κ1) is 22.0. The van der Waals surface area contributed by atoms with E-state index in [0.29, 0.717) is 25.0 Å². The zero-order valence-corrected chi connectivity index (χ0v) is 18.8. The Morgan fingerprint density at radius 2 is 1.94 bits per heavy atom. The number of hydrogen-bond donors (Lipinski definition) is 0. The smallest absolute Gasteiger partial charge is 0.322 e. The molecule has 1 amide bonds. The summed E-state index contributed by atoms with van der Waals surface area (Å²) in [6.45, 7) is 8.17. The fraction of sp³-hybridized carbons (Fsp3) is 0.400. The lowest BCUT2D eigenvalue weighted by molar-refractivity contribution is -0.384. The van der Waals surface area contributed by atoms with Crippen molar-refractivity contribution >= 4 is 11.6 Å². The number of nitro benzene ring substituents is 1. The van der Waals surface area contributed by atoms with Crippen LogP contribution in [0.15, 0.2) is 71.6 Å². The minimum atomic E-state index is -1.30. The van der Waals surface area contributed by atoms with Gasteiger partial charge < -0.3 is 9.47 Å². The van der Waals surface area contributed by atoms with Crippen LogP contribution in [-0.2, 0) is 20.7 Å². The molecule has 2 aliphatic heterocycles. The van der Waals surface area contributed by atoms with Gasteiger partial charge in [0.15, 0.2) is 0 Å². The summed E-state index contributed by atoms with van der Waals surface area (Å²) < 4.78 is 12.8. The van der Waals surface area contributed by atoms with Crippen molar-refractivity contribution in [2.75, 3.05) is 6.61 Å². The van der Waals surface area contributed by atoms with Gasteiger partial charge in [-0.15, -0.1) is 0 Å². The number of carbonyl (C=O) groups excluding carboxylic acids is 1. The lowest BCUT2D eigenvalue weighted by Crippen LogP contribution is -2.61. The zero-order chi connectivity index (χ0) is 23.1. The van der Waals surface area contributed by atoms with Crippen LogP contribution >= 0.6 is 0 Å². The SMILES string of the molecule is CCO[C@]12OC3=CC=CC=C[C@H]3CC1=C(Cc1ccc([N+](=O)[O-])cc1)C(=O)N2C(C)(C)C. The van der Waals surface area contributed by atoms with Gasteiger partial charge in [0, 0.05) is 41.2 Å². The monoisotopic (exact) mass is 436 g/mol. The van der Waals surface area contributed by atoms with Crippen LogP contribution in [-0.4, -0.2) is 33.8 Å². The molecule has 1 aliphatic carbocycles. The third-order valence-electron chi connectivity index (χ3n) is 5.91. The lowest BCUT2D eigenvalue weighted by Gasteiger charge is -2.49. The van der Waals surface area contributed by atoms with Crippen molar-refractivity contribution in [3.05, 3.63) is 87.2 Å². The van der Waals surface area contributed by atoms with Crippen LogP contribution in [0.25, 0.3) is 0 Å². The summed E-state index contributed by atoms with van der Waals surface area (Å²) in [4.78, 5) is 26.1. The highest BCUT2D eigenvalue weighted by Gasteiger charge is 2.61. The normalized spacial score (nSPS) is 24.6. The van der Waals surface area contributed by atoms with Crippen LogP contribution in [0.5, 0.6) is 0 Å². The van der Waals surface area contributed by atoms with Gasteiger partial charge in [-0.3, -0.25) is 19.8 Å². The highest BCUT2D eigenvalue weighted by molar-refractivity contribution is 5.99. The number of fused-ring (bicyclic) bond motifs is 2. The highest BCUT2D eigenvalue weighted by Crippen LogP contribution is 2.51. The third-order valence-corrected chi connectivity index (χ3v) is 5.91. The van der Waals surface area contributed by atoms with Gasteiger partial charge >= 0.3 is 5.91 Å². The predicted molar refractivity (Wildman–Crippen MR) is 120 cm³/mol. The molecule has 0 aromatic heterocycles. The van der Waals surface area contributed by atoms with Crippen molar-refractivity contribution in [1.29, 1.82) is 0 Å². The molecule has 168 valence electrons. The van der Waals surface area contributed by atoms with Gasteiger partial charge in [-0.25, -0.2) is 0 Å². The van der Waals surface area contributed by atoms with E-state index in [1.165, 1.54) is 12.1 Å². The van der Waals surface area contributed by atoms with Crippen molar-refractivity contribution in [1.82, 2.24) is 4.90 Å². The Labute approximate surface area is 187 Å². The number of nitro groups is 1. The number of benzene rings is 1. The van der Waals surface area contributed by atoms with Gasteiger partial charge in [-0.2, -0.15) is 0 Å². The summed E-state index contributed by atoms with van der Waals surface area (Å²) in [5, 5.41) is 11.0. The van der Waals surface area contributed by atoms with E-state index in [-0.39, 0.29) is 17.5 Å². The van der Waals surface area contributed by atoms with Crippen LogP contribution in [0.2, 0.25) is 0 Å². The number of carbonyl (C=O) groups is 1. The number of nitrogens with zero attached hydrogens (tertiary/aromatic N) is 2. The Hall–Kier alpha value is -3.19. The number of hydrogen-bond acceptors (Lipinski definition) is 5. The molecule has 0 spiro atoms. The first-order valence-corrected chi connectivity index (χ1v) is 10.9. The van der Waals surface area contributed by atoms with Crippen LogP contribution in [0.3, 0.4) is 0 Å². The second-order valence-corrected chi connectivity index (χ2v) is 9.14. The van der Waals surface area contributed by atoms with E-state index in [2.05, 4.69) is 6.08 Å². The molecule has 3 aliphatic rings. The zero-order valence-electron chi connectivity index (χ0n) is 18.8. The van der Waals surface area contributed by atoms with Gasteiger partial charge in [-0.1, -0.05) is 36.4 Å². The average molecular weight is 437 g/mol. The Kier molecular flexibility index (Phi) is 5.54. The Morgan fingerprint density at radius 1 is 1.22 bits per heavy atom. The maximum atomic E-state index is 13.8. The van der Waals surface area contributed by atoms with Crippen LogP contribution in [0.1, 0.15) is 39.7 Å². The molecule has 0 saturated carbocycles. The first-order valence-electron chi connectivity index (χ1n) is 10.9. The van der Waals surface area contributed by atoms with E-state index in [1.54, 1.807) is 17.0 Å². The second kappa shape index (κ2) is 8.06.